The van der Waals surface area contributed by atoms with Gasteiger partial charge >= 0.3 is 0 Å². The highest BCUT2D eigenvalue weighted by Gasteiger charge is 2.24. The van der Waals surface area contributed by atoms with Gasteiger partial charge in [0.2, 0.25) is 0 Å². The molecule has 0 unspecified atom stereocenters. The van der Waals surface area contributed by atoms with Gasteiger partial charge in [0, 0.05) is 11.3 Å². The van der Waals surface area contributed by atoms with E-state index in [0.29, 0.717) is 29.6 Å². The summed E-state index contributed by atoms with van der Waals surface area (Å²) in [7, 11) is 4.08. The van der Waals surface area contributed by atoms with Crippen LogP contribution in [-0.4, -0.2) is 54.2 Å². The van der Waals surface area contributed by atoms with Crippen LogP contribution in [0.2, 0.25) is 0 Å². The number of aryl methyl sites for hydroxylation is 1. The number of hydrogen-bond donors (Lipinski definition) is 3. The molecule has 0 radical (unpaired) electrons. The van der Waals surface area contributed by atoms with Gasteiger partial charge in [-0.3, -0.25) is 9.59 Å². The quantitative estimate of drug-likeness (QED) is 0.539. The van der Waals surface area contributed by atoms with E-state index in [9.17, 15) is 14.7 Å². The number of hydrogen-bond acceptors (Lipinski definition) is 3. The Morgan fingerprint density at radius 3 is 2.78 bits per heavy atom. The van der Waals surface area contributed by atoms with E-state index in [0.717, 1.165) is 31.5 Å². The van der Waals surface area contributed by atoms with Gasteiger partial charge in [0.15, 0.2) is 0 Å². The van der Waals surface area contributed by atoms with Gasteiger partial charge in [-0.15, -0.1) is 0 Å². The number of carbonyl (C=O) groups excluding carboxylic acids is 1. The maximum Gasteiger partial charge on any atom is 0.264 e. The third kappa shape index (κ3) is 4.01. The van der Waals surface area contributed by atoms with Crippen molar-refractivity contribution >= 4 is 5.91 Å². The van der Waals surface area contributed by atoms with E-state index >= 15 is 0 Å². The number of fused-ring (bicyclic) bond motifs is 1. The number of aromatic nitrogens is 1. The molecule has 6 nitrogen and oxygen atoms in total. The van der Waals surface area contributed by atoms with Crippen LogP contribution in [0.3, 0.4) is 0 Å². The van der Waals surface area contributed by atoms with Crippen molar-refractivity contribution in [2.24, 2.45) is 0 Å². The van der Waals surface area contributed by atoms with Gasteiger partial charge in [0.1, 0.15) is 11.3 Å². The Morgan fingerprint density at radius 1 is 1.39 bits per heavy atom. The monoisotopic (exact) mass is 320 g/mol. The number of amides is 1. The Morgan fingerprint density at radius 2 is 2.09 bits per heavy atom. The highest BCUT2D eigenvalue weighted by Crippen LogP contribution is 2.28. The topological polar surface area (TPSA) is 82.2 Å². The molecule has 0 aliphatic heterocycles. The zero-order valence-corrected chi connectivity index (χ0v) is 13.9. The second kappa shape index (κ2) is 7.00. The SMILES string of the molecule is C=CC[N+](C)(C)CCNC(=O)c1c(O)c2c([nH]c1=O)CCCC2. The van der Waals surface area contributed by atoms with Gasteiger partial charge in [-0.05, 0) is 31.8 Å². The molecular formula is C17H26N3O3+. The number of pyridine rings is 1. The standard InChI is InChI=1S/C17H25N3O3/c1-4-10-20(2,3)11-9-18-16(22)14-15(21)12-7-5-6-8-13(12)19-17(14)23/h4H,1,5-11H2,2-3H3,(H2-,18,19,21,22,23)/p+1. The zero-order chi connectivity index (χ0) is 17.0. The molecule has 0 atom stereocenters. The van der Waals surface area contributed by atoms with Crippen molar-refractivity contribution < 1.29 is 14.4 Å². The second-order valence-corrected chi connectivity index (χ2v) is 6.73. The molecule has 2 rings (SSSR count). The molecule has 1 aliphatic rings. The van der Waals surface area contributed by atoms with Crippen molar-refractivity contribution in [1.82, 2.24) is 10.3 Å². The van der Waals surface area contributed by atoms with Crippen LogP contribution in [0, 0.1) is 0 Å². The molecule has 0 fully saturated rings. The second-order valence-electron chi connectivity index (χ2n) is 6.73. The molecule has 0 bridgehead atoms. The first kappa shape index (κ1) is 17.3. The van der Waals surface area contributed by atoms with Crippen LogP contribution in [-0.2, 0) is 12.8 Å². The number of aromatic amines is 1. The fourth-order valence-corrected chi connectivity index (χ4v) is 2.97. The molecule has 1 heterocycles. The molecule has 0 saturated carbocycles. The number of nitrogens with one attached hydrogen (secondary N) is 2. The predicted molar refractivity (Wildman–Crippen MR) is 89.7 cm³/mol. The summed E-state index contributed by atoms with van der Waals surface area (Å²) in [5, 5.41) is 13.1. The van der Waals surface area contributed by atoms with Gasteiger partial charge in [0.05, 0.1) is 33.7 Å². The lowest BCUT2D eigenvalue weighted by Crippen LogP contribution is -2.45. The number of aromatic hydroxyl groups is 1. The minimum atomic E-state index is -0.518. The van der Waals surface area contributed by atoms with E-state index in [1.54, 1.807) is 0 Å². The summed E-state index contributed by atoms with van der Waals surface area (Å²) < 4.78 is 0.691. The number of nitrogens with zero attached hydrogens (tertiary/aromatic N) is 1. The van der Waals surface area contributed by atoms with Crippen LogP contribution < -0.4 is 10.9 Å². The first-order chi connectivity index (χ1) is 10.9. The van der Waals surface area contributed by atoms with Crippen LogP contribution in [0.25, 0.3) is 0 Å². The van der Waals surface area contributed by atoms with Gasteiger partial charge < -0.3 is 19.9 Å². The Labute approximate surface area is 136 Å². The maximum absolute atomic E-state index is 12.3. The van der Waals surface area contributed by atoms with E-state index in [4.69, 9.17) is 0 Å². The van der Waals surface area contributed by atoms with Crippen molar-refractivity contribution in [2.45, 2.75) is 25.7 Å². The molecule has 23 heavy (non-hydrogen) atoms. The minimum Gasteiger partial charge on any atom is -0.507 e. The van der Waals surface area contributed by atoms with Gasteiger partial charge in [-0.1, -0.05) is 6.58 Å². The number of likely N-dealkylation sites (N-methyl/N-ethyl adjacent to an activating group) is 1. The molecule has 3 N–H and O–H groups in total. The average Bonchev–Trinajstić information content (AvgIpc) is 2.47. The fourth-order valence-electron chi connectivity index (χ4n) is 2.97. The Hall–Kier alpha value is -2.08. The van der Waals surface area contributed by atoms with Crippen molar-refractivity contribution in [2.75, 3.05) is 33.7 Å². The lowest BCUT2D eigenvalue weighted by molar-refractivity contribution is -0.883. The molecule has 0 spiro atoms. The molecule has 1 aromatic rings. The van der Waals surface area contributed by atoms with Crippen molar-refractivity contribution in [3.63, 3.8) is 0 Å². The number of H-pyrrole nitrogens is 1. The number of quaternary nitrogens is 1. The van der Waals surface area contributed by atoms with E-state index in [1.807, 2.05) is 20.2 Å². The van der Waals surface area contributed by atoms with Crippen LogP contribution in [0.5, 0.6) is 5.75 Å². The third-order valence-corrected chi connectivity index (χ3v) is 4.34. The van der Waals surface area contributed by atoms with Gasteiger partial charge in [-0.25, -0.2) is 0 Å². The molecule has 1 aliphatic carbocycles. The lowest BCUT2D eigenvalue weighted by atomic mass is 9.93. The van der Waals surface area contributed by atoms with Crippen molar-refractivity contribution in [3.8, 4) is 5.75 Å². The molecule has 1 aromatic heterocycles. The first-order valence-corrected chi connectivity index (χ1v) is 8.04. The summed E-state index contributed by atoms with van der Waals surface area (Å²) in [6.45, 7) is 5.65. The molecule has 1 amide bonds. The summed E-state index contributed by atoms with van der Waals surface area (Å²) in [6, 6.07) is 0. The Bertz CT molecular complexity index is 662. The number of carbonyl (C=O) groups is 1. The van der Waals surface area contributed by atoms with Gasteiger partial charge in [0.25, 0.3) is 11.5 Å². The maximum atomic E-state index is 12.3. The van der Waals surface area contributed by atoms with E-state index in [1.165, 1.54) is 0 Å². The van der Waals surface area contributed by atoms with Crippen molar-refractivity contribution in [1.29, 1.82) is 0 Å². The Kier molecular flexibility index (Phi) is 5.26. The third-order valence-electron chi connectivity index (χ3n) is 4.34. The highest BCUT2D eigenvalue weighted by molar-refractivity contribution is 5.96. The lowest BCUT2D eigenvalue weighted by Gasteiger charge is -2.28. The Balaban J connectivity index is 2.11. The summed E-state index contributed by atoms with van der Waals surface area (Å²) in [5.74, 6) is -0.670. The molecule has 0 aromatic carbocycles. The van der Waals surface area contributed by atoms with E-state index in [-0.39, 0.29) is 11.3 Å². The largest absolute Gasteiger partial charge is 0.507 e. The van der Waals surface area contributed by atoms with E-state index < -0.39 is 11.5 Å². The smallest absolute Gasteiger partial charge is 0.264 e. The summed E-state index contributed by atoms with van der Waals surface area (Å²) in [5.41, 5.74) is 0.794. The molecular weight excluding hydrogens is 294 g/mol. The van der Waals surface area contributed by atoms with Crippen LogP contribution >= 0.6 is 0 Å². The van der Waals surface area contributed by atoms with Crippen LogP contribution in [0.15, 0.2) is 17.4 Å². The molecule has 6 heteroatoms. The summed E-state index contributed by atoms with van der Waals surface area (Å²) >= 11 is 0. The normalized spacial score (nSPS) is 14.2. The number of rotatable bonds is 6. The first-order valence-electron chi connectivity index (χ1n) is 8.04. The van der Waals surface area contributed by atoms with Gasteiger partial charge in [-0.2, -0.15) is 0 Å². The minimum absolute atomic E-state index is 0.152. The fraction of sp³-hybridized carbons (Fsp3) is 0.529. The van der Waals surface area contributed by atoms with Crippen molar-refractivity contribution in [3.05, 3.63) is 39.8 Å². The molecule has 0 saturated heterocycles. The zero-order valence-electron chi connectivity index (χ0n) is 13.9. The van der Waals surface area contributed by atoms with Crippen LogP contribution in [0.4, 0.5) is 0 Å². The van der Waals surface area contributed by atoms with E-state index in [2.05, 4.69) is 16.9 Å². The highest BCUT2D eigenvalue weighted by atomic mass is 16.3. The van der Waals surface area contributed by atoms with Crippen LogP contribution in [0.1, 0.15) is 34.5 Å². The summed E-state index contributed by atoms with van der Waals surface area (Å²) in [4.78, 5) is 27.2. The summed E-state index contributed by atoms with van der Waals surface area (Å²) in [6.07, 6.45) is 5.22. The molecule has 126 valence electrons. The predicted octanol–water partition coefficient (Wildman–Crippen LogP) is 0.951. The average molecular weight is 320 g/mol.